The van der Waals surface area contributed by atoms with Crippen LogP contribution in [0.4, 0.5) is 0 Å². The molecule has 0 aliphatic rings. The van der Waals surface area contributed by atoms with Gasteiger partial charge < -0.3 is 4.79 Å². The molecule has 9 heavy (non-hydrogen) atoms. The van der Waals surface area contributed by atoms with Crippen LogP contribution in [0.1, 0.15) is 47.0 Å². The number of hydrogen-bond donors (Lipinski definition) is 0. The van der Waals surface area contributed by atoms with Gasteiger partial charge in [0.15, 0.2) is 0 Å². The lowest BCUT2D eigenvalue weighted by Gasteiger charge is -1.90. The number of unbranched alkanes of at least 4 members (excludes halogenated alkanes) is 2. The maximum absolute atomic E-state index is 10.3. The van der Waals surface area contributed by atoms with Gasteiger partial charge in [-0.2, -0.15) is 0 Å². The summed E-state index contributed by atoms with van der Waals surface area (Å²) in [6.45, 7) is 3.79. The normalized spacial score (nSPS) is 8.22. The molecule has 0 atom stereocenters. The summed E-state index contributed by atoms with van der Waals surface area (Å²) in [5.41, 5.74) is 0. The Morgan fingerprint density at radius 3 is 2.22 bits per heavy atom. The molecular weight excluding hydrogens is 112 g/mol. The topological polar surface area (TPSA) is 17.1 Å². The molecule has 0 rings (SSSR count). The molecule has 1 heteroatoms. The van der Waals surface area contributed by atoms with Crippen LogP contribution in [0.25, 0.3) is 0 Å². The van der Waals surface area contributed by atoms with Gasteiger partial charge in [-0.15, -0.1) is 0 Å². The fraction of sp³-hybridized carbons (Fsp3) is 0.875. The third kappa shape index (κ3) is 11.3. The summed E-state index contributed by atoms with van der Waals surface area (Å²) in [5.74, 6) is 0.318. The Morgan fingerprint density at radius 2 is 1.89 bits per heavy atom. The lowest BCUT2D eigenvalue weighted by Crippen LogP contribution is -1.87. The second-order valence-corrected chi connectivity index (χ2v) is 2.16. The molecule has 0 spiro atoms. The van der Waals surface area contributed by atoms with Crippen LogP contribution in [0.15, 0.2) is 0 Å². The molecule has 0 aliphatic heterocycles. The van der Waals surface area contributed by atoms with Gasteiger partial charge in [-0.25, -0.2) is 0 Å². The second-order valence-electron chi connectivity index (χ2n) is 2.16. The SMILES string of the molecule is C.CCCCCC(C)=O. The van der Waals surface area contributed by atoms with Crippen molar-refractivity contribution in [2.75, 3.05) is 0 Å². The lowest BCUT2D eigenvalue weighted by atomic mass is 10.2. The largest absolute Gasteiger partial charge is 0.300 e. The highest BCUT2D eigenvalue weighted by Crippen LogP contribution is 1.98. The van der Waals surface area contributed by atoms with Gasteiger partial charge in [0, 0.05) is 6.42 Å². The molecule has 0 aromatic rings. The van der Waals surface area contributed by atoms with Gasteiger partial charge in [0.2, 0.25) is 0 Å². The predicted octanol–water partition coefficient (Wildman–Crippen LogP) is 2.79. The van der Waals surface area contributed by atoms with Crippen molar-refractivity contribution in [2.45, 2.75) is 47.0 Å². The first-order valence-electron chi connectivity index (χ1n) is 3.26. The zero-order valence-corrected chi connectivity index (χ0v) is 5.74. The Morgan fingerprint density at radius 1 is 1.33 bits per heavy atom. The molecule has 0 aromatic heterocycles. The summed E-state index contributed by atoms with van der Waals surface area (Å²) in [7, 11) is 0. The van der Waals surface area contributed by atoms with Crippen LogP contribution in [0.2, 0.25) is 0 Å². The second kappa shape index (κ2) is 7.67. The maximum Gasteiger partial charge on any atom is 0.129 e. The van der Waals surface area contributed by atoms with Crippen LogP contribution in [0.5, 0.6) is 0 Å². The highest BCUT2D eigenvalue weighted by molar-refractivity contribution is 5.75. The summed E-state index contributed by atoms with van der Waals surface area (Å²) in [6, 6.07) is 0. The van der Waals surface area contributed by atoms with Crippen molar-refractivity contribution in [1.29, 1.82) is 0 Å². The molecule has 1 nitrogen and oxygen atoms in total. The molecular formula is C8H18O. The number of Topliss-reactive ketones (excluding diaryl/α,β-unsaturated/α-hetero) is 1. The average molecular weight is 130 g/mol. The van der Waals surface area contributed by atoms with Crippen LogP contribution >= 0.6 is 0 Å². The third-order valence-electron chi connectivity index (χ3n) is 1.13. The van der Waals surface area contributed by atoms with Crippen molar-refractivity contribution in [3.05, 3.63) is 0 Å². The molecule has 0 amide bonds. The minimum Gasteiger partial charge on any atom is -0.300 e. The lowest BCUT2D eigenvalue weighted by molar-refractivity contribution is -0.117. The van der Waals surface area contributed by atoms with E-state index in [1.807, 2.05) is 0 Å². The van der Waals surface area contributed by atoms with Gasteiger partial charge >= 0.3 is 0 Å². The average Bonchev–Trinajstić information content (AvgIpc) is 1.66. The summed E-state index contributed by atoms with van der Waals surface area (Å²) < 4.78 is 0. The molecule has 0 saturated carbocycles. The molecule has 56 valence electrons. The summed E-state index contributed by atoms with van der Waals surface area (Å²) >= 11 is 0. The maximum atomic E-state index is 10.3. The van der Waals surface area contributed by atoms with Gasteiger partial charge in [0.1, 0.15) is 5.78 Å². The molecule has 0 unspecified atom stereocenters. The number of ketones is 1. The highest BCUT2D eigenvalue weighted by Gasteiger charge is 1.89. The van der Waals surface area contributed by atoms with Crippen LogP contribution in [-0.4, -0.2) is 5.78 Å². The zero-order valence-electron chi connectivity index (χ0n) is 5.74. The Balaban J connectivity index is 0. The fourth-order valence-electron chi connectivity index (χ4n) is 0.624. The Kier molecular flexibility index (Phi) is 9.77. The van der Waals surface area contributed by atoms with Crippen molar-refractivity contribution in [1.82, 2.24) is 0 Å². The number of hydrogen-bond acceptors (Lipinski definition) is 1. The van der Waals surface area contributed by atoms with Crippen molar-refractivity contribution in [3.63, 3.8) is 0 Å². The van der Waals surface area contributed by atoms with E-state index >= 15 is 0 Å². The quantitative estimate of drug-likeness (QED) is 0.535. The molecule has 0 saturated heterocycles. The van der Waals surface area contributed by atoms with Crippen molar-refractivity contribution >= 4 is 5.78 Å². The summed E-state index contributed by atoms with van der Waals surface area (Å²) in [5, 5.41) is 0. The predicted molar refractivity (Wildman–Crippen MR) is 41.6 cm³/mol. The third-order valence-corrected chi connectivity index (χ3v) is 1.13. The molecule has 0 heterocycles. The van der Waals surface area contributed by atoms with Gasteiger partial charge in [-0.3, -0.25) is 0 Å². The zero-order chi connectivity index (χ0) is 6.41. The van der Waals surface area contributed by atoms with E-state index in [9.17, 15) is 4.79 Å². The van der Waals surface area contributed by atoms with E-state index in [2.05, 4.69) is 6.92 Å². The van der Waals surface area contributed by atoms with Crippen LogP contribution in [0.3, 0.4) is 0 Å². The van der Waals surface area contributed by atoms with E-state index in [1.54, 1.807) is 6.92 Å². The van der Waals surface area contributed by atoms with Gasteiger partial charge in [-0.05, 0) is 13.3 Å². The van der Waals surface area contributed by atoms with Crippen LogP contribution < -0.4 is 0 Å². The number of carbonyl (C=O) groups excluding carboxylic acids is 1. The Labute approximate surface area is 58.5 Å². The van der Waals surface area contributed by atoms with Gasteiger partial charge in [0.05, 0.1) is 0 Å². The standard InChI is InChI=1S/C7H14O.CH4/c1-3-4-5-6-7(2)8;/h3-6H2,1-2H3;1H4. The van der Waals surface area contributed by atoms with Crippen molar-refractivity contribution in [2.24, 2.45) is 0 Å². The van der Waals surface area contributed by atoms with Crippen LogP contribution in [0, 0.1) is 0 Å². The molecule has 0 N–H and O–H groups in total. The molecule has 0 aromatic carbocycles. The number of rotatable bonds is 4. The Bertz CT molecular complexity index is 67.0. The van der Waals surface area contributed by atoms with E-state index in [4.69, 9.17) is 0 Å². The highest BCUT2D eigenvalue weighted by atomic mass is 16.1. The van der Waals surface area contributed by atoms with Gasteiger partial charge in [-0.1, -0.05) is 27.2 Å². The van der Waals surface area contributed by atoms with E-state index in [0.717, 1.165) is 12.8 Å². The molecule has 0 fully saturated rings. The van der Waals surface area contributed by atoms with Crippen molar-refractivity contribution in [3.8, 4) is 0 Å². The van der Waals surface area contributed by atoms with E-state index in [1.165, 1.54) is 12.8 Å². The smallest absolute Gasteiger partial charge is 0.129 e. The Hall–Kier alpha value is -0.330. The minimum atomic E-state index is 0. The first-order chi connectivity index (χ1) is 3.77. The molecule has 0 bridgehead atoms. The first kappa shape index (κ1) is 11.5. The molecule has 0 radical (unpaired) electrons. The molecule has 0 aliphatic carbocycles. The van der Waals surface area contributed by atoms with Crippen molar-refractivity contribution < 1.29 is 4.79 Å². The summed E-state index contributed by atoms with van der Waals surface area (Å²) in [4.78, 5) is 10.3. The van der Waals surface area contributed by atoms with Gasteiger partial charge in [0.25, 0.3) is 0 Å². The monoisotopic (exact) mass is 130 g/mol. The van der Waals surface area contributed by atoms with E-state index in [0.29, 0.717) is 5.78 Å². The van der Waals surface area contributed by atoms with E-state index in [-0.39, 0.29) is 7.43 Å². The first-order valence-corrected chi connectivity index (χ1v) is 3.26. The van der Waals surface area contributed by atoms with E-state index < -0.39 is 0 Å². The summed E-state index contributed by atoms with van der Waals surface area (Å²) in [6.07, 6.45) is 4.24. The minimum absolute atomic E-state index is 0. The fourth-order valence-corrected chi connectivity index (χ4v) is 0.624. The van der Waals surface area contributed by atoms with Crippen LogP contribution in [-0.2, 0) is 4.79 Å². The number of carbonyl (C=O) groups is 1.